The minimum Gasteiger partial charge on any atom is -0.748 e. The molecule has 222 valence electrons. The van der Waals surface area contributed by atoms with Gasteiger partial charge in [-0.15, -0.1) is 4.13 Å². The van der Waals surface area contributed by atoms with Gasteiger partial charge in [-0.3, -0.25) is 0 Å². The molecule has 10 nitrogen and oxygen atoms in total. The van der Waals surface area contributed by atoms with Crippen LogP contribution in [0.3, 0.4) is 0 Å². The van der Waals surface area contributed by atoms with Gasteiger partial charge in [0.1, 0.15) is 11.7 Å². The Hall–Kier alpha value is -2.50. The Kier molecular flexibility index (Phi) is 8.75. The molecule has 42 heavy (non-hydrogen) atoms. The van der Waals surface area contributed by atoms with Crippen molar-refractivity contribution in [2.24, 2.45) is 7.05 Å². The van der Waals surface area contributed by atoms with Gasteiger partial charge in [0.05, 0.1) is 36.7 Å². The van der Waals surface area contributed by atoms with Crippen LogP contribution in [0.1, 0.15) is 17.8 Å². The van der Waals surface area contributed by atoms with Gasteiger partial charge in [0.15, 0.2) is 0 Å². The molecule has 0 aliphatic carbocycles. The number of thiazole rings is 1. The molecule has 0 radical (unpaired) electrons. The molecule has 16 heteroatoms. The van der Waals surface area contributed by atoms with E-state index in [1.54, 1.807) is 25.2 Å². The third kappa shape index (κ3) is 6.83. The SMILES string of the molecule is C[n+]1c(C=C2Sc3ccc(Cl)cc3N2CCCCS(=O)(=O)[O-])sc2ccc(S(=O)(=O)NS(=O)(=O)c3ccccc3)cc21. The number of hydrogen-bond donors (Lipinski definition) is 1. The summed E-state index contributed by atoms with van der Waals surface area (Å²) in [7, 11) is -11.2. The van der Waals surface area contributed by atoms with Crippen molar-refractivity contribution in [2.45, 2.75) is 27.5 Å². The van der Waals surface area contributed by atoms with Gasteiger partial charge in [0.2, 0.25) is 5.52 Å². The first-order chi connectivity index (χ1) is 19.7. The number of benzene rings is 3. The van der Waals surface area contributed by atoms with Gasteiger partial charge in [-0.25, -0.2) is 25.3 Å². The number of hydrogen-bond acceptors (Lipinski definition) is 10. The molecule has 3 aromatic carbocycles. The number of thioether (sulfide) groups is 1. The van der Waals surface area contributed by atoms with Crippen molar-refractivity contribution >= 4 is 86.8 Å². The van der Waals surface area contributed by atoms with Crippen LogP contribution in [0.15, 0.2) is 86.4 Å². The summed E-state index contributed by atoms with van der Waals surface area (Å²) in [6, 6.07) is 17.2. The van der Waals surface area contributed by atoms with E-state index in [1.807, 2.05) is 31.8 Å². The van der Waals surface area contributed by atoms with Gasteiger partial charge in [-0.05, 0) is 55.3 Å². The second kappa shape index (κ2) is 11.9. The first-order valence-corrected chi connectivity index (χ1v) is 19.0. The van der Waals surface area contributed by atoms with Gasteiger partial charge in [-0.2, -0.15) is 4.57 Å². The number of aromatic nitrogens is 1. The molecule has 1 aliphatic heterocycles. The summed E-state index contributed by atoms with van der Waals surface area (Å²) in [4.78, 5) is 2.61. The minimum absolute atomic E-state index is 0.166. The summed E-state index contributed by atoms with van der Waals surface area (Å²) in [5, 5.41) is 2.19. The van der Waals surface area contributed by atoms with Crippen LogP contribution in [0, 0.1) is 0 Å². The zero-order valence-electron chi connectivity index (χ0n) is 21.9. The summed E-state index contributed by atoms with van der Waals surface area (Å²) in [6.45, 7) is 0.459. The zero-order chi connectivity index (χ0) is 30.3. The fourth-order valence-electron chi connectivity index (χ4n) is 4.35. The topological polar surface area (TPSA) is 145 Å². The summed E-state index contributed by atoms with van der Waals surface area (Å²) in [5.74, 6) is -0.437. The van der Waals surface area contributed by atoms with E-state index in [9.17, 15) is 29.8 Å². The first-order valence-electron chi connectivity index (χ1n) is 12.4. The Morgan fingerprint density at radius 1 is 0.929 bits per heavy atom. The number of unbranched alkanes of at least 4 members (excludes halogenated alkanes) is 1. The summed E-state index contributed by atoms with van der Waals surface area (Å²) in [5.41, 5.74) is 1.45. The van der Waals surface area contributed by atoms with Gasteiger partial charge in [0.25, 0.3) is 25.1 Å². The lowest BCUT2D eigenvalue weighted by Crippen LogP contribution is -2.32. The summed E-state index contributed by atoms with van der Waals surface area (Å²) >= 11 is 9.19. The van der Waals surface area contributed by atoms with E-state index in [-0.39, 0.29) is 16.2 Å². The lowest BCUT2D eigenvalue weighted by molar-refractivity contribution is -0.642. The second-order valence-corrected chi connectivity index (χ2v) is 17.1. The molecular weight excluding hydrogens is 662 g/mol. The monoisotopic (exact) mass is 685 g/mol. The molecule has 0 unspecified atom stereocenters. The first kappa shape index (κ1) is 30.9. The lowest BCUT2D eigenvalue weighted by Gasteiger charge is -2.20. The van der Waals surface area contributed by atoms with Crippen molar-refractivity contribution in [3.05, 3.63) is 81.8 Å². The van der Waals surface area contributed by atoms with E-state index >= 15 is 0 Å². The van der Waals surface area contributed by atoms with E-state index in [2.05, 4.69) is 0 Å². The molecule has 0 fully saturated rings. The van der Waals surface area contributed by atoms with Crippen molar-refractivity contribution in [1.82, 2.24) is 4.13 Å². The smallest absolute Gasteiger partial charge is 0.265 e. The Bertz CT molecular complexity index is 2030. The van der Waals surface area contributed by atoms with E-state index in [4.69, 9.17) is 11.6 Å². The van der Waals surface area contributed by atoms with Crippen molar-refractivity contribution in [3.8, 4) is 0 Å². The molecule has 0 bridgehead atoms. The fraction of sp³-hybridized carbons (Fsp3) is 0.192. The number of aryl methyl sites for hydroxylation is 1. The molecule has 0 atom stereocenters. The fourth-order valence-corrected chi connectivity index (χ4v) is 10.3. The number of nitrogens with one attached hydrogen (secondary N) is 1. The number of rotatable bonds is 10. The predicted molar refractivity (Wildman–Crippen MR) is 163 cm³/mol. The minimum atomic E-state index is -4.41. The van der Waals surface area contributed by atoms with Crippen LogP contribution in [-0.2, 0) is 37.2 Å². The second-order valence-electron chi connectivity index (χ2n) is 9.35. The van der Waals surface area contributed by atoms with Gasteiger partial charge in [-0.1, -0.05) is 52.9 Å². The molecule has 0 saturated heterocycles. The maximum absolute atomic E-state index is 13.1. The highest BCUT2D eigenvalue weighted by Gasteiger charge is 2.29. The highest BCUT2D eigenvalue weighted by Crippen LogP contribution is 2.48. The Morgan fingerprint density at radius 2 is 1.64 bits per heavy atom. The van der Waals surface area contributed by atoms with Crippen molar-refractivity contribution in [3.63, 3.8) is 0 Å². The van der Waals surface area contributed by atoms with Gasteiger partial charge < -0.3 is 9.45 Å². The number of halogens is 1. The highest BCUT2D eigenvalue weighted by molar-refractivity contribution is 8.04. The maximum atomic E-state index is 13.1. The van der Waals surface area contributed by atoms with Crippen LogP contribution in [-0.4, -0.2) is 42.1 Å². The summed E-state index contributed by atoms with van der Waals surface area (Å²) in [6.07, 6.45) is 2.63. The molecule has 5 rings (SSSR count). The normalized spacial score (nSPS) is 15.0. The van der Waals surface area contributed by atoms with Crippen LogP contribution in [0.5, 0.6) is 0 Å². The highest BCUT2D eigenvalue weighted by atomic mass is 35.5. The quantitative estimate of drug-likeness (QED) is 0.147. The zero-order valence-corrected chi connectivity index (χ0v) is 26.8. The number of fused-ring (bicyclic) bond motifs is 2. The third-order valence-electron chi connectivity index (χ3n) is 6.39. The number of sulfonamides is 2. The molecular formula is C26H24ClN3O7S5. The number of nitrogens with zero attached hydrogens (tertiary/aromatic N) is 2. The van der Waals surface area contributed by atoms with Crippen LogP contribution in [0.4, 0.5) is 5.69 Å². The van der Waals surface area contributed by atoms with Gasteiger partial charge >= 0.3 is 0 Å². The molecule has 1 aromatic heterocycles. The van der Waals surface area contributed by atoms with E-state index < -0.39 is 35.9 Å². The van der Waals surface area contributed by atoms with Crippen molar-refractivity contribution < 1.29 is 34.4 Å². The Balaban J connectivity index is 1.45. The molecule has 0 amide bonds. The Morgan fingerprint density at radius 3 is 2.36 bits per heavy atom. The predicted octanol–water partition coefficient (Wildman–Crippen LogP) is 4.28. The molecule has 2 heterocycles. The average molecular weight is 686 g/mol. The van der Waals surface area contributed by atoms with Crippen LogP contribution in [0.2, 0.25) is 5.02 Å². The third-order valence-corrected chi connectivity index (χ3v) is 13.2. The molecule has 4 aromatic rings. The Labute approximate surface area is 257 Å². The van der Waals surface area contributed by atoms with Crippen LogP contribution < -0.4 is 13.6 Å². The van der Waals surface area contributed by atoms with Crippen molar-refractivity contribution in [2.75, 3.05) is 17.2 Å². The summed E-state index contributed by atoms with van der Waals surface area (Å²) < 4.78 is 89.0. The lowest BCUT2D eigenvalue weighted by atomic mass is 10.2. The van der Waals surface area contributed by atoms with Gasteiger partial charge in [0, 0.05) is 28.3 Å². The number of anilines is 1. The van der Waals surface area contributed by atoms with E-state index in [0.29, 0.717) is 23.5 Å². The van der Waals surface area contributed by atoms with E-state index in [1.165, 1.54) is 59.5 Å². The molecule has 0 saturated carbocycles. The van der Waals surface area contributed by atoms with Crippen LogP contribution in [0.25, 0.3) is 16.3 Å². The molecule has 1 aliphatic rings. The van der Waals surface area contributed by atoms with Crippen molar-refractivity contribution in [1.29, 1.82) is 0 Å². The average Bonchev–Trinajstić information content (AvgIpc) is 3.42. The maximum Gasteiger partial charge on any atom is 0.265 e. The molecule has 0 spiro atoms. The van der Waals surface area contributed by atoms with E-state index in [0.717, 1.165) is 25.3 Å². The van der Waals surface area contributed by atoms with Crippen LogP contribution >= 0.6 is 34.7 Å². The standard InChI is InChI=1S/C26H24ClN3O7S5/c1-29-21-16-20(42(36,37)28-41(34,35)19-7-3-2-4-8-19)10-12-23(21)38-25(29)17-26-30(13-5-6-14-40(31,32)33)22-15-18(27)9-11-24(22)39-26/h2-4,7-12,15-17,28H,5-6,13-14H2,1H3. The molecule has 1 N–H and O–H groups in total. The largest absolute Gasteiger partial charge is 0.748 e.